The molecule has 23 heteroatoms. The third-order valence-corrected chi connectivity index (χ3v) is 7.79. The average Bonchev–Trinajstić information content (AvgIpc) is 3.21. The maximum Gasteiger partial charge on any atom is 0.490 e. The molecule has 0 spiro atoms. The number of anilines is 1. The molecule has 1 saturated heterocycles. The number of ether oxygens (including phenoxy) is 1. The largest absolute Gasteiger partial charge is 0.490 e. The summed E-state index contributed by atoms with van der Waals surface area (Å²) in [7, 11) is -16.7. The standard InChI is InChI=1S/C10H15N8O12P3/c11-10-14-8-7(9(19)15-10)13-3-18(8)6-1-4(16-17-12)5(28-6)2-27-32(23,24)30-33(25,26)29-31(20,21)22/h3-6H,1-2H2,(H,23,24)(H,25,26)(H2,20,21,22)(H3,11,14,15,19)/t4?,5-,6-/m0/s1. The Kier molecular flexibility index (Phi) is 7.12. The number of nitrogen functional groups attached to an aromatic ring is 1. The van der Waals surface area contributed by atoms with Crippen LogP contribution in [0.25, 0.3) is 21.6 Å². The molecule has 7 N–H and O–H groups in total. The summed E-state index contributed by atoms with van der Waals surface area (Å²) in [5.41, 5.74) is 13.7. The summed E-state index contributed by atoms with van der Waals surface area (Å²) in [4.78, 5) is 60.5. The normalized spacial score (nSPS) is 24.8. The molecule has 1 aliphatic heterocycles. The van der Waals surface area contributed by atoms with E-state index >= 15 is 0 Å². The van der Waals surface area contributed by atoms with E-state index in [-0.39, 0.29) is 23.5 Å². The number of azide groups is 1. The molecule has 5 atom stereocenters. The van der Waals surface area contributed by atoms with Crippen LogP contribution in [0.1, 0.15) is 12.6 Å². The van der Waals surface area contributed by atoms with Crippen LogP contribution in [0, 0.1) is 0 Å². The van der Waals surface area contributed by atoms with Crippen LogP contribution < -0.4 is 11.3 Å². The van der Waals surface area contributed by atoms with E-state index < -0.39 is 54.0 Å². The molecule has 3 heterocycles. The topological polar surface area (TPSA) is 307 Å². The number of nitrogens with zero attached hydrogens (tertiary/aromatic N) is 6. The van der Waals surface area contributed by atoms with Gasteiger partial charge >= 0.3 is 23.5 Å². The summed E-state index contributed by atoms with van der Waals surface area (Å²) in [6.45, 7) is -0.841. The summed E-state index contributed by atoms with van der Waals surface area (Å²) < 4.78 is 52.6. The molecule has 1 fully saturated rings. The van der Waals surface area contributed by atoms with Crippen LogP contribution in [-0.2, 0) is 31.6 Å². The minimum atomic E-state index is -5.70. The van der Waals surface area contributed by atoms with Gasteiger partial charge in [0.1, 0.15) is 6.23 Å². The van der Waals surface area contributed by atoms with E-state index in [2.05, 4.69) is 38.1 Å². The summed E-state index contributed by atoms with van der Waals surface area (Å²) in [5.74, 6) is -0.206. The van der Waals surface area contributed by atoms with Gasteiger partial charge in [-0.1, -0.05) is 5.11 Å². The fourth-order valence-electron chi connectivity index (χ4n) is 2.85. The molecule has 0 bridgehead atoms. The zero-order chi connectivity index (χ0) is 24.6. The Morgan fingerprint density at radius 2 is 2.00 bits per heavy atom. The molecule has 33 heavy (non-hydrogen) atoms. The van der Waals surface area contributed by atoms with Crippen LogP contribution in [0.3, 0.4) is 0 Å². The van der Waals surface area contributed by atoms with Crippen molar-refractivity contribution in [2.24, 2.45) is 5.11 Å². The van der Waals surface area contributed by atoms with Crippen molar-refractivity contribution in [2.45, 2.75) is 24.8 Å². The van der Waals surface area contributed by atoms with Gasteiger partial charge in [0, 0.05) is 11.3 Å². The molecule has 3 unspecified atom stereocenters. The lowest BCUT2D eigenvalue weighted by Crippen LogP contribution is -2.24. The van der Waals surface area contributed by atoms with Crippen LogP contribution in [0.4, 0.5) is 5.95 Å². The molecule has 20 nitrogen and oxygen atoms in total. The van der Waals surface area contributed by atoms with Gasteiger partial charge in [-0.05, 0) is 5.53 Å². The average molecular weight is 532 g/mol. The highest BCUT2D eigenvalue weighted by atomic mass is 31.3. The molecule has 3 rings (SSSR count). The number of hydrogen-bond acceptors (Lipinski definition) is 12. The van der Waals surface area contributed by atoms with Crippen molar-refractivity contribution in [2.75, 3.05) is 12.3 Å². The Bertz CT molecular complexity index is 1300. The number of hydrogen-bond donors (Lipinski definition) is 6. The van der Waals surface area contributed by atoms with E-state index in [0.717, 1.165) is 0 Å². The van der Waals surface area contributed by atoms with E-state index in [0.29, 0.717) is 0 Å². The van der Waals surface area contributed by atoms with Crippen molar-refractivity contribution in [3.63, 3.8) is 0 Å². The van der Waals surface area contributed by atoms with Crippen molar-refractivity contribution < 1.29 is 51.2 Å². The summed E-state index contributed by atoms with van der Waals surface area (Å²) in [5, 5.41) is 3.49. The van der Waals surface area contributed by atoms with E-state index in [1.165, 1.54) is 10.9 Å². The molecule has 0 saturated carbocycles. The van der Waals surface area contributed by atoms with Gasteiger partial charge in [0.2, 0.25) is 5.95 Å². The number of H-pyrrole nitrogens is 1. The van der Waals surface area contributed by atoms with Crippen molar-refractivity contribution in [1.82, 2.24) is 19.5 Å². The smallest absolute Gasteiger partial charge is 0.369 e. The number of phosphoric acid groups is 3. The first-order chi connectivity index (χ1) is 15.2. The van der Waals surface area contributed by atoms with Crippen molar-refractivity contribution in [1.29, 1.82) is 0 Å². The van der Waals surface area contributed by atoms with Gasteiger partial charge in [-0.2, -0.15) is 13.6 Å². The van der Waals surface area contributed by atoms with Gasteiger partial charge in [0.15, 0.2) is 11.2 Å². The zero-order valence-electron chi connectivity index (χ0n) is 15.9. The van der Waals surface area contributed by atoms with Crippen LogP contribution in [0.5, 0.6) is 0 Å². The maximum absolute atomic E-state index is 11.9. The van der Waals surface area contributed by atoms with E-state index in [4.69, 9.17) is 25.8 Å². The van der Waals surface area contributed by atoms with Crippen molar-refractivity contribution >= 4 is 40.6 Å². The lowest BCUT2D eigenvalue weighted by molar-refractivity contribution is -0.0230. The monoisotopic (exact) mass is 532 g/mol. The van der Waals surface area contributed by atoms with E-state index in [9.17, 15) is 28.3 Å². The highest BCUT2D eigenvalue weighted by molar-refractivity contribution is 7.66. The van der Waals surface area contributed by atoms with Crippen LogP contribution >= 0.6 is 23.5 Å². The summed E-state index contributed by atoms with van der Waals surface area (Å²) >= 11 is 0. The highest BCUT2D eigenvalue weighted by Crippen LogP contribution is 2.66. The molecule has 1 aliphatic rings. The van der Waals surface area contributed by atoms with Gasteiger partial charge in [-0.15, -0.1) is 0 Å². The van der Waals surface area contributed by atoms with Crippen molar-refractivity contribution in [3.8, 4) is 0 Å². The van der Waals surface area contributed by atoms with E-state index in [1.54, 1.807) is 0 Å². The Labute approximate surface area is 181 Å². The Morgan fingerprint density at radius 3 is 2.64 bits per heavy atom. The molecule has 0 aliphatic carbocycles. The number of aromatic nitrogens is 4. The fraction of sp³-hybridized carbons (Fsp3) is 0.500. The third kappa shape index (κ3) is 6.45. The number of aromatic amines is 1. The summed E-state index contributed by atoms with van der Waals surface area (Å²) in [6, 6.07) is -0.996. The number of rotatable bonds is 9. The second-order valence-electron chi connectivity index (χ2n) is 6.30. The zero-order valence-corrected chi connectivity index (χ0v) is 18.6. The Morgan fingerprint density at radius 1 is 1.30 bits per heavy atom. The van der Waals surface area contributed by atoms with Gasteiger partial charge in [-0.25, -0.2) is 18.7 Å². The Hall–Kier alpha value is -2.17. The molecule has 182 valence electrons. The second-order valence-corrected chi connectivity index (χ2v) is 10.7. The minimum absolute atomic E-state index is 0.0334. The summed E-state index contributed by atoms with van der Waals surface area (Å²) in [6.07, 6.45) is -0.996. The molecule has 2 aromatic rings. The first kappa shape index (κ1) is 25.5. The second kappa shape index (κ2) is 9.23. The number of nitrogens with one attached hydrogen (secondary N) is 1. The fourth-order valence-corrected chi connectivity index (χ4v) is 5.88. The Balaban J connectivity index is 1.75. The van der Waals surface area contributed by atoms with Gasteiger partial charge in [0.25, 0.3) is 5.56 Å². The molecular weight excluding hydrogens is 517 g/mol. The van der Waals surface area contributed by atoms with Gasteiger partial charge in [0.05, 0.1) is 25.1 Å². The molecule has 0 amide bonds. The lowest BCUT2D eigenvalue weighted by Gasteiger charge is -2.19. The van der Waals surface area contributed by atoms with Crippen LogP contribution in [0.2, 0.25) is 0 Å². The lowest BCUT2D eigenvalue weighted by atomic mass is 10.1. The third-order valence-electron chi connectivity index (χ3n) is 3.98. The predicted octanol–water partition coefficient (Wildman–Crippen LogP) is 0.0115. The maximum atomic E-state index is 11.9. The van der Waals surface area contributed by atoms with E-state index in [1.807, 2.05) is 0 Å². The first-order valence-corrected chi connectivity index (χ1v) is 12.9. The SMILES string of the molecule is [N-]=[N+]=NC1C[C@@H](n2cnc3c(=O)[nH]c(N)nc32)O[C@H]1COP(=O)(O)OP(=O)(O)OP(=O)(O)O. The number of imidazole rings is 1. The number of phosphoric ester groups is 1. The van der Waals surface area contributed by atoms with Crippen LogP contribution in [0.15, 0.2) is 16.2 Å². The highest BCUT2D eigenvalue weighted by Gasteiger charge is 2.43. The quantitative estimate of drug-likeness (QED) is 0.107. The number of nitrogens with two attached hydrogens (primary N) is 1. The van der Waals surface area contributed by atoms with Crippen molar-refractivity contribution in [3.05, 3.63) is 27.1 Å². The molecule has 0 radical (unpaired) electrons. The number of fused-ring (bicyclic) bond motifs is 1. The molecular formula is C10H15N8O12P3. The minimum Gasteiger partial charge on any atom is -0.369 e. The van der Waals surface area contributed by atoms with Crippen LogP contribution in [-0.4, -0.2) is 57.8 Å². The molecule has 0 aromatic carbocycles. The van der Waals surface area contributed by atoms with Gasteiger partial charge in [-0.3, -0.25) is 18.9 Å². The van der Waals surface area contributed by atoms with Gasteiger partial charge < -0.3 is 30.0 Å². The first-order valence-electron chi connectivity index (χ1n) is 8.40. The predicted molar refractivity (Wildman–Crippen MR) is 104 cm³/mol. The molecule has 2 aromatic heterocycles.